The number of benzene rings is 1. The van der Waals surface area contributed by atoms with E-state index >= 15 is 0 Å². The average Bonchev–Trinajstić information content (AvgIpc) is 2.95. The van der Waals surface area contributed by atoms with Crippen LogP contribution in [0.3, 0.4) is 0 Å². The zero-order valence-electron chi connectivity index (χ0n) is 12.3. The first-order chi connectivity index (χ1) is 9.70. The van der Waals surface area contributed by atoms with Gasteiger partial charge in [-0.05, 0) is 43.5 Å². The van der Waals surface area contributed by atoms with Crippen molar-refractivity contribution in [1.29, 1.82) is 0 Å². The van der Waals surface area contributed by atoms with Gasteiger partial charge in [0.15, 0.2) is 5.16 Å². The first-order valence-electron chi connectivity index (χ1n) is 6.99. The molecule has 0 aliphatic rings. The van der Waals surface area contributed by atoms with Crippen molar-refractivity contribution < 1.29 is 0 Å². The Bertz CT molecular complexity index is 525. The van der Waals surface area contributed by atoms with Crippen LogP contribution in [-0.2, 0) is 0 Å². The van der Waals surface area contributed by atoms with Gasteiger partial charge in [0, 0.05) is 11.8 Å². The number of aromatic nitrogens is 3. The molecule has 5 heteroatoms. The predicted molar refractivity (Wildman–Crippen MR) is 84.1 cm³/mol. The van der Waals surface area contributed by atoms with Gasteiger partial charge in [-0.1, -0.05) is 36.9 Å². The summed E-state index contributed by atoms with van der Waals surface area (Å²) in [6.45, 7) is 7.53. The summed E-state index contributed by atoms with van der Waals surface area (Å²) in [5.74, 6) is 0.942. The summed E-state index contributed by atoms with van der Waals surface area (Å²) in [7, 11) is 0. The summed E-state index contributed by atoms with van der Waals surface area (Å²) in [6.07, 6.45) is 2.68. The van der Waals surface area contributed by atoms with E-state index in [9.17, 15) is 0 Å². The van der Waals surface area contributed by atoms with Gasteiger partial charge in [0.05, 0.1) is 0 Å². The summed E-state index contributed by atoms with van der Waals surface area (Å²) in [5, 5.41) is 11.3. The van der Waals surface area contributed by atoms with E-state index in [0.29, 0.717) is 6.04 Å². The standard InChI is InChI=1S/C15H22N4S/c1-4-7-16-14(9-20-15-17-10-18-19-15)13-6-5-11(2)12(3)8-13/h5-6,8,10,14,16H,4,7,9H2,1-3H3,(H,17,18,19). The molecule has 0 saturated heterocycles. The van der Waals surface area contributed by atoms with Crippen LogP contribution in [0.1, 0.15) is 36.1 Å². The van der Waals surface area contributed by atoms with E-state index in [1.54, 1.807) is 18.1 Å². The van der Waals surface area contributed by atoms with Gasteiger partial charge in [0.25, 0.3) is 0 Å². The molecule has 1 unspecified atom stereocenters. The third-order valence-electron chi connectivity index (χ3n) is 3.35. The molecule has 1 aromatic carbocycles. The third kappa shape index (κ3) is 4.08. The second-order valence-corrected chi connectivity index (χ2v) is 5.96. The highest BCUT2D eigenvalue weighted by molar-refractivity contribution is 7.99. The van der Waals surface area contributed by atoms with Crippen LogP contribution in [0.2, 0.25) is 0 Å². The quantitative estimate of drug-likeness (QED) is 0.769. The van der Waals surface area contributed by atoms with Crippen LogP contribution in [0.25, 0.3) is 0 Å². The minimum atomic E-state index is 0.337. The van der Waals surface area contributed by atoms with Crippen molar-refractivity contribution in [2.45, 2.75) is 38.4 Å². The van der Waals surface area contributed by atoms with E-state index in [2.05, 4.69) is 59.5 Å². The van der Waals surface area contributed by atoms with Crippen LogP contribution in [-0.4, -0.2) is 27.5 Å². The van der Waals surface area contributed by atoms with E-state index < -0.39 is 0 Å². The fourth-order valence-electron chi connectivity index (χ4n) is 2.00. The lowest BCUT2D eigenvalue weighted by Crippen LogP contribution is -2.24. The molecule has 0 bridgehead atoms. The number of nitrogens with zero attached hydrogens (tertiary/aromatic N) is 2. The number of hydrogen-bond acceptors (Lipinski definition) is 4. The molecule has 0 spiro atoms. The van der Waals surface area contributed by atoms with Gasteiger partial charge in [-0.3, -0.25) is 5.10 Å². The van der Waals surface area contributed by atoms with E-state index in [4.69, 9.17) is 0 Å². The lowest BCUT2D eigenvalue weighted by molar-refractivity contribution is 0.576. The third-order valence-corrected chi connectivity index (χ3v) is 4.32. The molecule has 0 amide bonds. The van der Waals surface area contributed by atoms with E-state index in [1.807, 2.05) is 0 Å². The van der Waals surface area contributed by atoms with Crippen molar-refractivity contribution >= 4 is 11.8 Å². The molecule has 2 rings (SSSR count). The van der Waals surface area contributed by atoms with Gasteiger partial charge in [0.1, 0.15) is 6.33 Å². The minimum absolute atomic E-state index is 0.337. The van der Waals surface area contributed by atoms with Gasteiger partial charge in [-0.15, -0.1) is 0 Å². The Balaban J connectivity index is 2.07. The number of hydrogen-bond donors (Lipinski definition) is 2. The first-order valence-corrected chi connectivity index (χ1v) is 7.98. The summed E-state index contributed by atoms with van der Waals surface area (Å²) < 4.78 is 0. The number of aromatic amines is 1. The van der Waals surface area contributed by atoms with Crippen molar-refractivity contribution in [2.75, 3.05) is 12.3 Å². The van der Waals surface area contributed by atoms with Gasteiger partial charge in [-0.2, -0.15) is 5.10 Å². The maximum atomic E-state index is 4.16. The van der Waals surface area contributed by atoms with Crippen molar-refractivity contribution in [3.8, 4) is 0 Å². The summed E-state index contributed by atoms with van der Waals surface area (Å²) >= 11 is 1.70. The molecule has 0 radical (unpaired) electrons. The minimum Gasteiger partial charge on any atom is -0.309 e. The van der Waals surface area contributed by atoms with Crippen molar-refractivity contribution in [1.82, 2.24) is 20.5 Å². The second-order valence-electron chi connectivity index (χ2n) is 4.95. The highest BCUT2D eigenvalue weighted by Crippen LogP contribution is 2.23. The summed E-state index contributed by atoms with van der Waals surface area (Å²) in [5.41, 5.74) is 4.02. The van der Waals surface area contributed by atoms with Crippen molar-refractivity contribution in [3.63, 3.8) is 0 Å². The van der Waals surface area contributed by atoms with E-state index in [1.165, 1.54) is 16.7 Å². The largest absolute Gasteiger partial charge is 0.309 e. The Morgan fingerprint density at radius 3 is 2.80 bits per heavy atom. The van der Waals surface area contributed by atoms with Crippen molar-refractivity contribution in [2.24, 2.45) is 0 Å². The van der Waals surface area contributed by atoms with Crippen LogP contribution in [0.4, 0.5) is 0 Å². The lowest BCUT2D eigenvalue weighted by atomic mass is 10.0. The van der Waals surface area contributed by atoms with Gasteiger partial charge in [-0.25, -0.2) is 4.98 Å². The molecular formula is C15H22N4S. The van der Waals surface area contributed by atoms with Gasteiger partial charge < -0.3 is 5.32 Å². The second kappa shape index (κ2) is 7.45. The summed E-state index contributed by atoms with van der Waals surface area (Å²) in [6, 6.07) is 7.04. The highest BCUT2D eigenvalue weighted by atomic mass is 32.2. The zero-order valence-corrected chi connectivity index (χ0v) is 13.1. The Hall–Kier alpha value is -1.33. The van der Waals surface area contributed by atoms with E-state index in [-0.39, 0.29) is 0 Å². The normalized spacial score (nSPS) is 12.6. The molecule has 20 heavy (non-hydrogen) atoms. The highest BCUT2D eigenvalue weighted by Gasteiger charge is 2.12. The predicted octanol–water partition coefficient (Wildman–Crippen LogP) is 3.25. The molecule has 2 aromatic rings. The molecule has 108 valence electrons. The molecule has 1 heterocycles. The molecular weight excluding hydrogens is 268 g/mol. The smallest absolute Gasteiger partial charge is 0.183 e. The molecule has 0 fully saturated rings. The SMILES string of the molecule is CCCNC(CSc1ncn[nH]1)c1ccc(C)c(C)c1. The number of H-pyrrole nitrogens is 1. The van der Waals surface area contributed by atoms with Crippen molar-refractivity contribution in [3.05, 3.63) is 41.2 Å². The van der Waals surface area contributed by atoms with Crippen LogP contribution < -0.4 is 5.32 Å². The Morgan fingerprint density at radius 2 is 2.15 bits per heavy atom. The number of thioether (sulfide) groups is 1. The van der Waals surface area contributed by atoms with Crippen LogP contribution >= 0.6 is 11.8 Å². The Morgan fingerprint density at radius 1 is 1.30 bits per heavy atom. The maximum absolute atomic E-state index is 4.16. The molecule has 4 nitrogen and oxygen atoms in total. The molecule has 1 atom stereocenters. The molecule has 1 aromatic heterocycles. The number of nitrogens with one attached hydrogen (secondary N) is 2. The Labute approximate surface area is 124 Å². The molecule has 0 aliphatic carbocycles. The summed E-state index contributed by atoms with van der Waals surface area (Å²) in [4.78, 5) is 4.16. The number of rotatable bonds is 7. The first kappa shape index (κ1) is 15.1. The molecule has 2 N–H and O–H groups in total. The molecule has 0 saturated carbocycles. The molecule has 0 aliphatic heterocycles. The number of aryl methyl sites for hydroxylation is 2. The fourth-order valence-corrected chi connectivity index (χ4v) is 2.87. The van der Waals surface area contributed by atoms with E-state index in [0.717, 1.165) is 23.9 Å². The van der Waals surface area contributed by atoms with Gasteiger partial charge >= 0.3 is 0 Å². The van der Waals surface area contributed by atoms with Crippen LogP contribution in [0.5, 0.6) is 0 Å². The van der Waals surface area contributed by atoms with Crippen LogP contribution in [0, 0.1) is 13.8 Å². The monoisotopic (exact) mass is 290 g/mol. The lowest BCUT2D eigenvalue weighted by Gasteiger charge is -2.19. The van der Waals surface area contributed by atoms with Crippen LogP contribution in [0.15, 0.2) is 29.7 Å². The topological polar surface area (TPSA) is 53.6 Å². The maximum Gasteiger partial charge on any atom is 0.183 e. The fraction of sp³-hybridized carbons (Fsp3) is 0.467. The Kier molecular flexibility index (Phi) is 5.61. The van der Waals surface area contributed by atoms with Gasteiger partial charge in [0.2, 0.25) is 0 Å². The zero-order chi connectivity index (χ0) is 14.4. The average molecular weight is 290 g/mol.